The van der Waals surface area contributed by atoms with Crippen LogP contribution in [-0.4, -0.2) is 25.8 Å². The Morgan fingerprint density at radius 2 is 2.36 bits per heavy atom. The smallest absolute Gasteiger partial charge is 0.251 e. The maximum atomic E-state index is 10.8. The molecule has 4 nitrogen and oxygen atoms in total. The lowest BCUT2D eigenvalue weighted by molar-refractivity contribution is 0.641. The number of H-pyrrole nitrogens is 1. The Morgan fingerprint density at radius 3 is 2.93 bits per heavy atom. The number of aromatic nitrogens is 2. The van der Waals surface area contributed by atoms with Gasteiger partial charge in [0.2, 0.25) is 0 Å². The standard InChI is InChI=1S/C8H12N2O2S2/c1-14(12)6-2-4-10-5-3-7(11)9-8(10)13/h3,5H,2,4,6H2,1H3,(H,9,11,13). The normalized spacial score (nSPS) is 12.6. The molecule has 0 aromatic carbocycles. The Labute approximate surface area is 89.4 Å². The number of aromatic amines is 1. The summed E-state index contributed by atoms with van der Waals surface area (Å²) >= 11 is 4.95. The lowest BCUT2D eigenvalue weighted by atomic mass is 10.5. The van der Waals surface area contributed by atoms with E-state index in [4.69, 9.17) is 12.2 Å². The molecule has 1 heterocycles. The predicted molar refractivity (Wildman–Crippen MR) is 59.4 cm³/mol. The predicted octanol–water partition coefficient (Wildman–Crippen LogP) is 0.674. The SMILES string of the molecule is CS(=O)CCCn1ccc(=O)[nH]c1=S. The average molecular weight is 232 g/mol. The van der Waals surface area contributed by atoms with Gasteiger partial charge in [0.1, 0.15) is 0 Å². The molecule has 1 unspecified atom stereocenters. The highest BCUT2D eigenvalue weighted by Crippen LogP contribution is 1.92. The molecular formula is C8H12N2O2S2. The largest absolute Gasteiger partial charge is 0.325 e. The summed E-state index contributed by atoms with van der Waals surface area (Å²) in [4.78, 5) is 13.4. The van der Waals surface area contributed by atoms with Crippen molar-refractivity contribution >= 4 is 23.0 Å². The van der Waals surface area contributed by atoms with Gasteiger partial charge in [0.25, 0.3) is 5.56 Å². The maximum absolute atomic E-state index is 10.8. The minimum absolute atomic E-state index is 0.190. The van der Waals surface area contributed by atoms with E-state index in [9.17, 15) is 9.00 Å². The summed E-state index contributed by atoms with van der Waals surface area (Å²) in [6, 6.07) is 1.43. The van der Waals surface area contributed by atoms with Gasteiger partial charge in [0.15, 0.2) is 4.77 Å². The number of aryl methyl sites for hydroxylation is 1. The Balaban J connectivity index is 2.64. The zero-order valence-corrected chi connectivity index (χ0v) is 9.49. The fourth-order valence-electron chi connectivity index (χ4n) is 1.06. The summed E-state index contributed by atoms with van der Waals surface area (Å²) in [5, 5.41) is 0. The van der Waals surface area contributed by atoms with E-state index in [0.717, 1.165) is 6.42 Å². The van der Waals surface area contributed by atoms with Crippen LogP contribution in [0.3, 0.4) is 0 Å². The van der Waals surface area contributed by atoms with Crippen LogP contribution in [0, 0.1) is 4.77 Å². The molecule has 0 radical (unpaired) electrons. The van der Waals surface area contributed by atoms with Crippen molar-refractivity contribution in [1.82, 2.24) is 9.55 Å². The lowest BCUT2D eigenvalue weighted by Crippen LogP contribution is -2.12. The molecule has 1 aromatic heterocycles. The number of rotatable bonds is 4. The van der Waals surface area contributed by atoms with Gasteiger partial charge in [-0.25, -0.2) is 0 Å². The monoisotopic (exact) mass is 232 g/mol. The molecule has 0 saturated heterocycles. The van der Waals surface area contributed by atoms with Crippen molar-refractivity contribution in [3.63, 3.8) is 0 Å². The molecule has 1 N–H and O–H groups in total. The van der Waals surface area contributed by atoms with Crippen LogP contribution in [-0.2, 0) is 17.3 Å². The van der Waals surface area contributed by atoms with Gasteiger partial charge < -0.3 is 4.57 Å². The molecule has 14 heavy (non-hydrogen) atoms. The fourth-order valence-corrected chi connectivity index (χ4v) is 1.85. The van der Waals surface area contributed by atoms with Crippen LogP contribution in [0.1, 0.15) is 6.42 Å². The van der Waals surface area contributed by atoms with Crippen LogP contribution in [0.4, 0.5) is 0 Å². The highest BCUT2D eigenvalue weighted by atomic mass is 32.2. The number of nitrogens with zero attached hydrogens (tertiary/aromatic N) is 1. The third-order valence-corrected chi connectivity index (χ3v) is 2.93. The van der Waals surface area contributed by atoms with Crippen molar-refractivity contribution < 1.29 is 4.21 Å². The fraction of sp³-hybridized carbons (Fsp3) is 0.500. The zero-order valence-electron chi connectivity index (χ0n) is 7.86. The van der Waals surface area contributed by atoms with Crippen LogP contribution in [0.5, 0.6) is 0 Å². The molecule has 0 bridgehead atoms. The zero-order chi connectivity index (χ0) is 10.6. The minimum Gasteiger partial charge on any atom is -0.325 e. The Kier molecular flexibility index (Phi) is 4.21. The Morgan fingerprint density at radius 1 is 1.64 bits per heavy atom. The first-order chi connectivity index (χ1) is 6.59. The number of hydrogen-bond acceptors (Lipinski definition) is 3. The van der Waals surface area contributed by atoms with Gasteiger partial charge in [-0.15, -0.1) is 0 Å². The highest BCUT2D eigenvalue weighted by Gasteiger charge is 1.95. The first kappa shape index (κ1) is 11.3. The Bertz CT molecular complexity index is 435. The minimum atomic E-state index is -0.770. The van der Waals surface area contributed by atoms with E-state index in [0.29, 0.717) is 17.1 Å². The van der Waals surface area contributed by atoms with Crippen molar-refractivity contribution in [2.24, 2.45) is 0 Å². The first-order valence-corrected chi connectivity index (χ1v) is 6.33. The van der Waals surface area contributed by atoms with Gasteiger partial charge in [0, 0.05) is 41.6 Å². The van der Waals surface area contributed by atoms with E-state index >= 15 is 0 Å². The summed E-state index contributed by atoms with van der Waals surface area (Å²) in [5.41, 5.74) is -0.190. The summed E-state index contributed by atoms with van der Waals surface area (Å²) in [6.07, 6.45) is 4.12. The lowest BCUT2D eigenvalue weighted by Gasteiger charge is -2.04. The van der Waals surface area contributed by atoms with E-state index in [-0.39, 0.29) is 5.56 Å². The summed E-state index contributed by atoms with van der Waals surface area (Å²) in [7, 11) is -0.770. The maximum Gasteiger partial charge on any atom is 0.251 e. The summed E-state index contributed by atoms with van der Waals surface area (Å²) in [5.74, 6) is 0.654. The van der Waals surface area contributed by atoms with Crippen molar-refractivity contribution in [3.05, 3.63) is 27.4 Å². The summed E-state index contributed by atoms with van der Waals surface area (Å²) < 4.78 is 13.0. The van der Waals surface area contributed by atoms with Gasteiger partial charge in [-0.1, -0.05) is 0 Å². The molecule has 0 aliphatic heterocycles. The van der Waals surface area contributed by atoms with E-state index in [1.54, 1.807) is 17.0 Å². The second kappa shape index (κ2) is 5.21. The van der Waals surface area contributed by atoms with Crippen molar-refractivity contribution in [3.8, 4) is 0 Å². The quantitative estimate of drug-likeness (QED) is 0.776. The van der Waals surface area contributed by atoms with Crippen LogP contribution < -0.4 is 5.56 Å². The first-order valence-electron chi connectivity index (χ1n) is 4.19. The van der Waals surface area contributed by atoms with Crippen molar-refractivity contribution in [2.75, 3.05) is 12.0 Å². The molecule has 0 amide bonds. The van der Waals surface area contributed by atoms with Gasteiger partial charge in [-0.3, -0.25) is 14.0 Å². The van der Waals surface area contributed by atoms with Crippen LogP contribution in [0.15, 0.2) is 17.1 Å². The van der Waals surface area contributed by atoms with Gasteiger partial charge >= 0.3 is 0 Å². The Hall–Kier alpha value is -0.750. The highest BCUT2D eigenvalue weighted by molar-refractivity contribution is 7.84. The molecule has 1 aromatic rings. The molecule has 0 fully saturated rings. The van der Waals surface area contributed by atoms with Crippen LogP contribution in [0.25, 0.3) is 0 Å². The molecule has 78 valence electrons. The van der Waals surface area contributed by atoms with E-state index in [2.05, 4.69) is 4.98 Å². The van der Waals surface area contributed by atoms with E-state index < -0.39 is 10.8 Å². The molecule has 0 aliphatic rings. The van der Waals surface area contributed by atoms with E-state index in [1.165, 1.54) is 6.07 Å². The second-order valence-corrected chi connectivity index (χ2v) is 4.88. The number of hydrogen-bond donors (Lipinski definition) is 1. The number of nitrogens with one attached hydrogen (secondary N) is 1. The third kappa shape index (κ3) is 3.55. The molecular weight excluding hydrogens is 220 g/mol. The average Bonchev–Trinajstić information content (AvgIpc) is 2.08. The van der Waals surface area contributed by atoms with Gasteiger partial charge in [-0.2, -0.15) is 0 Å². The molecule has 6 heteroatoms. The molecule has 0 saturated carbocycles. The second-order valence-electron chi connectivity index (χ2n) is 2.93. The van der Waals surface area contributed by atoms with Crippen molar-refractivity contribution in [1.29, 1.82) is 0 Å². The summed E-state index contributed by atoms with van der Waals surface area (Å²) in [6.45, 7) is 0.690. The van der Waals surface area contributed by atoms with Crippen molar-refractivity contribution in [2.45, 2.75) is 13.0 Å². The molecule has 1 atom stereocenters. The molecule has 0 aliphatic carbocycles. The molecule has 1 rings (SSSR count). The van der Waals surface area contributed by atoms with Crippen LogP contribution >= 0.6 is 12.2 Å². The van der Waals surface area contributed by atoms with Gasteiger partial charge in [-0.05, 0) is 18.6 Å². The van der Waals surface area contributed by atoms with Crippen LogP contribution in [0.2, 0.25) is 0 Å². The topological polar surface area (TPSA) is 54.9 Å². The van der Waals surface area contributed by atoms with E-state index in [1.807, 2.05) is 0 Å². The van der Waals surface area contributed by atoms with Gasteiger partial charge in [0.05, 0.1) is 0 Å². The third-order valence-electron chi connectivity index (χ3n) is 1.73. The molecule has 0 spiro atoms.